The number of hydrogen-bond donors (Lipinski definition) is 1. The molecule has 0 aromatic carbocycles. The molecule has 2 amide bonds. The number of aromatic nitrogens is 1. The average molecular weight is 312 g/mol. The number of urea groups is 1. The van der Waals surface area contributed by atoms with Crippen molar-refractivity contribution in [2.45, 2.75) is 39.0 Å². The maximum atomic E-state index is 12.3. The number of rotatable bonds is 5. The molecule has 1 fully saturated rings. The van der Waals surface area contributed by atoms with Gasteiger partial charge >= 0.3 is 6.03 Å². The summed E-state index contributed by atoms with van der Waals surface area (Å²) in [5.41, 5.74) is 0. The number of methoxy groups -OCH3 is 1. The molecule has 0 spiro atoms. The van der Waals surface area contributed by atoms with E-state index in [1.54, 1.807) is 18.2 Å². The molecule has 1 saturated heterocycles. The van der Waals surface area contributed by atoms with E-state index in [-0.39, 0.29) is 12.1 Å². The molecule has 1 aliphatic rings. The summed E-state index contributed by atoms with van der Waals surface area (Å²) < 4.78 is 5.05. The van der Waals surface area contributed by atoms with Gasteiger partial charge in [0.15, 0.2) is 5.13 Å². The molecule has 7 heteroatoms. The van der Waals surface area contributed by atoms with Crippen molar-refractivity contribution >= 4 is 22.5 Å². The minimum atomic E-state index is -0.0936. The summed E-state index contributed by atoms with van der Waals surface area (Å²) in [6, 6.07) is 0.705. The van der Waals surface area contributed by atoms with Crippen molar-refractivity contribution in [2.24, 2.45) is 0 Å². The summed E-state index contributed by atoms with van der Waals surface area (Å²) in [7, 11) is 3.50. The normalized spacial score (nSPS) is 19.2. The summed E-state index contributed by atoms with van der Waals surface area (Å²) in [5.74, 6) is 0. The van der Waals surface area contributed by atoms with Crippen molar-refractivity contribution in [1.82, 2.24) is 14.8 Å². The topological polar surface area (TPSA) is 57.7 Å². The van der Waals surface area contributed by atoms with Crippen LogP contribution in [0.3, 0.4) is 0 Å². The Morgan fingerprint density at radius 2 is 2.43 bits per heavy atom. The fraction of sp³-hybridized carbons (Fsp3) is 0.714. The van der Waals surface area contributed by atoms with E-state index in [9.17, 15) is 4.79 Å². The number of carbonyl (C=O) groups excluding carboxylic acids is 1. The Morgan fingerprint density at radius 3 is 3.05 bits per heavy atom. The predicted octanol–water partition coefficient (Wildman–Crippen LogP) is 2.24. The van der Waals surface area contributed by atoms with Crippen LogP contribution >= 0.6 is 11.3 Å². The van der Waals surface area contributed by atoms with Crippen LogP contribution in [0.1, 0.15) is 25.1 Å². The van der Waals surface area contributed by atoms with E-state index >= 15 is 0 Å². The van der Waals surface area contributed by atoms with E-state index in [1.807, 2.05) is 7.05 Å². The summed E-state index contributed by atoms with van der Waals surface area (Å²) in [5, 5.41) is 3.48. The number of anilines is 1. The molecule has 1 N–H and O–H groups in total. The molecule has 0 radical (unpaired) electrons. The van der Waals surface area contributed by atoms with E-state index in [4.69, 9.17) is 4.74 Å². The van der Waals surface area contributed by atoms with Crippen molar-refractivity contribution in [3.8, 4) is 0 Å². The van der Waals surface area contributed by atoms with Crippen LogP contribution in [-0.2, 0) is 11.3 Å². The molecule has 0 saturated carbocycles. The Kier molecular flexibility index (Phi) is 5.55. The van der Waals surface area contributed by atoms with E-state index in [0.717, 1.165) is 24.4 Å². The number of likely N-dealkylation sites (N-methyl/N-ethyl adjacent to an activating group) is 1. The lowest BCUT2D eigenvalue weighted by Gasteiger charge is -2.26. The fourth-order valence-electron chi connectivity index (χ4n) is 2.47. The molecule has 2 heterocycles. The molecule has 1 aromatic heterocycles. The van der Waals surface area contributed by atoms with Crippen LogP contribution in [0.15, 0.2) is 6.20 Å². The van der Waals surface area contributed by atoms with Gasteiger partial charge in [-0.05, 0) is 20.3 Å². The smallest absolute Gasteiger partial charge is 0.323 e. The maximum absolute atomic E-state index is 12.3. The van der Waals surface area contributed by atoms with Gasteiger partial charge in [-0.15, -0.1) is 0 Å². The molecule has 0 bridgehead atoms. The van der Waals surface area contributed by atoms with Crippen LogP contribution in [0.4, 0.5) is 9.93 Å². The molecule has 1 aliphatic heterocycles. The molecule has 1 aromatic rings. The standard InChI is InChI=1S/C14H24N4O2S/c1-10(2)18-6-5-11(8-18)17(3)14(19)16-13-15-7-12(21-13)9-20-4/h7,10-11H,5-6,8-9H2,1-4H3,(H,15,16,19). The highest BCUT2D eigenvalue weighted by molar-refractivity contribution is 7.15. The van der Waals surface area contributed by atoms with Crippen LogP contribution in [0, 0.1) is 0 Å². The van der Waals surface area contributed by atoms with E-state index < -0.39 is 0 Å². The highest BCUT2D eigenvalue weighted by atomic mass is 32.1. The first kappa shape index (κ1) is 16.2. The van der Waals surface area contributed by atoms with Crippen LogP contribution in [0.5, 0.6) is 0 Å². The molecule has 118 valence electrons. The number of likely N-dealkylation sites (tertiary alicyclic amines) is 1. The van der Waals surface area contributed by atoms with Gasteiger partial charge < -0.3 is 9.64 Å². The molecular formula is C14H24N4O2S. The predicted molar refractivity (Wildman–Crippen MR) is 84.7 cm³/mol. The number of carbonyl (C=O) groups is 1. The first-order valence-electron chi connectivity index (χ1n) is 7.22. The van der Waals surface area contributed by atoms with Crippen molar-refractivity contribution in [3.05, 3.63) is 11.1 Å². The van der Waals surface area contributed by atoms with Crippen LogP contribution in [0.2, 0.25) is 0 Å². The molecule has 0 aliphatic carbocycles. The van der Waals surface area contributed by atoms with Gasteiger partial charge in [0.05, 0.1) is 11.5 Å². The molecule has 2 rings (SSSR count). The van der Waals surface area contributed by atoms with Gasteiger partial charge in [0.25, 0.3) is 0 Å². The van der Waals surface area contributed by atoms with Crippen LogP contribution in [-0.4, -0.2) is 60.1 Å². The minimum absolute atomic E-state index is 0.0936. The molecule has 6 nitrogen and oxygen atoms in total. The van der Waals surface area contributed by atoms with Crippen molar-refractivity contribution in [2.75, 3.05) is 32.6 Å². The maximum Gasteiger partial charge on any atom is 0.323 e. The Balaban J connectivity index is 1.87. The zero-order chi connectivity index (χ0) is 15.4. The third-order valence-corrected chi connectivity index (χ3v) is 4.73. The van der Waals surface area contributed by atoms with Gasteiger partial charge in [-0.2, -0.15) is 0 Å². The number of amides is 2. The Hall–Kier alpha value is -1.18. The van der Waals surface area contributed by atoms with Crippen molar-refractivity contribution in [3.63, 3.8) is 0 Å². The number of thiazole rings is 1. The van der Waals surface area contributed by atoms with Crippen LogP contribution < -0.4 is 5.32 Å². The minimum Gasteiger partial charge on any atom is -0.379 e. The lowest BCUT2D eigenvalue weighted by atomic mass is 10.2. The number of nitrogens with one attached hydrogen (secondary N) is 1. The van der Waals surface area contributed by atoms with Gasteiger partial charge in [0.1, 0.15) is 0 Å². The Labute approximate surface area is 130 Å². The number of nitrogens with zero attached hydrogens (tertiary/aromatic N) is 3. The van der Waals surface area contributed by atoms with Crippen LogP contribution in [0.25, 0.3) is 0 Å². The molecule has 1 atom stereocenters. The zero-order valence-corrected chi connectivity index (χ0v) is 13.9. The number of ether oxygens (including phenoxy) is 1. The molecule has 1 unspecified atom stereocenters. The van der Waals surface area contributed by atoms with Crippen molar-refractivity contribution in [1.29, 1.82) is 0 Å². The van der Waals surface area contributed by atoms with E-state index in [1.165, 1.54) is 11.3 Å². The Bertz CT molecular complexity index is 477. The monoisotopic (exact) mass is 312 g/mol. The zero-order valence-electron chi connectivity index (χ0n) is 13.1. The SMILES string of the molecule is COCc1cnc(NC(=O)N(C)C2CCN(C(C)C)C2)s1. The second kappa shape index (κ2) is 7.20. The fourth-order valence-corrected chi connectivity index (χ4v) is 3.25. The van der Waals surface area contributed by atoms with Gasteiger partial charge in [-0.25, -0.2) is 9.78 Å². The quantitative estimate of drug-likeness (QED) is 0.906. The van der Waals surface area contributed by atoms with E-state index in [0.29, 0.717) is 17.8 Å². The van der Waals surface area contributed by atoms with E-state index in [2.05, 4.69) is 29.0 Å². The summed E-state index contributed by atoms with van der Waals surface area (Å²) in [6.07, 6.45) is 2.76. The first-order chi connectivity index (χ1) is 10.0. The highest BCUT2D eigenvalue weighted by Gasteiger charge is 2.29. The Morgan fingerprint density at radius 1 is 1.67 bits per heavy atom. The third-order valence-electron chi connectivity index (χ3n) is 3.85. The first-order valence-corrected chi connectivity index (χ1v) is 8.04. The van der Waals surface area contributed by atoms with Crippen molar-refractivity contribution < 1.29 is 9.53 Å². The number of hydrogen-bond acceptors (Lipinski definition) is 5. The van der Waals surface area contributed by atoms with Gasteiger partial charge in [0.2, 0.25) is 0 Å². The lowest BCUT2D eigenvalue weighted by Crippen LogP contribution is -2.42. The largest absolute Gasteiger partial charge is 0.379 e. The van der Waals surface area contributed by atoms with Gasteiger partial charge in [-0.3, -0.25) is 10.2 Å². The molecular weight excluding hydrogens is 288 g/mol. The second-order valence-electron chi connectivity index (χ2n) is 5.64. The highest BCUT2D eigenvalue weighted by Crippen LogP contribution is 2.21. The summed E-state index contributed by atoms with van der Waals surface area (Å²) in [6.45, 7) is 6.89. The summed E-state index contributed by atoms with van der Waals surface area (Å²) in [4.78, 5) is 21.7. The third kappa shape index (κ3) is 4.15. The van der Waals surface area contributed by atoms with Gasteiger partial charge in [-0.1, -0.05) is 11.3 Å². The average Bonchev–Trinajstić information content (AvgIpc) is 3.07. The lowest BCUT2D eigenvalue weighted by molar-refractivity contribution is 0.187. The van der Waals surface area contributed by atoms with Gasteiger partial charge in [0, 0.05) is 45.5 Å². The summed E-state index contributed by atoms with van der Waals surface area (Å²) >= 11 is 1.45. The molecule has 21 heavy (non-hydrogen) atoms. The second-order valence-corrected chi connectivity index (χ2v) is 6.75.